The Morgan fingerprint density at radius 2 is 1.87 bits per heavy atom. The van der Waals surface area contributed by atoms with Crippen LogP contribution in [0.15, 0.2) is 36.5 Å². The molecule has 0 bridgehead atoms. The van der Waals surface area contributed by atoms with Gasteiger partial charge in [0.15, 0.2) is 0 Å². The summed E-state index contributed by atoms with van der Waals surface area (Å²) in [5.74, 6) is 0.301. The van der Waals surface area contributed by atoms with Crippen LogP contribution in [0.2, 0.25) is 5.02 Å². The van der Waals surface area contributed by atoms with Gasteiger partial charge < -0.3 is 15.0 Å². The van der Waals surface area contributed by atoms with Gasteiger partial charge in [-0.25, -0.2) is 9.37 Å². The first kappa shape index (κ1) is 21.1. The minimum atomic E-state index is -0.243. The van der Waals surface area contributed by atoms with Crippen LogP contribution < -0.4 is 5.32 Å². The summed E-state index contributed by atoms with van der Waals surface area (Å²) >= 11 is 6.47. The number of rotatable bonds is 5. The van der Waals surface area contributed by atoms with Gasteiger partial charge in [0.25, 0.3) is 5.91 Å². The predicted molar refractivity (Wildman–Crippen MR) is 116 cm³/mol. The van der Waals surface area contributed by atoms with Crippen molar-refractivity contribution in [1.29, 1.82) is 0 Å². The summed E-state index contributed by atoms with van der Waals surface area (Å²) in [5, 5.41) is 3.79. The normalized spacial score (nSPS) is 18.8. The molecule has 0 spiro atoms. The van der Waals surface area contributed by atoms with Gasteiger partial charge in [0.2, 0.25) is 0 Å². The number of likely N-dealkylation sites (tertiary alicyclic amines) is 1. The molecular weight excluding hydrogens is 405 g/mol. The van der Waals surface area contributed by atoms with Crippen molar-refractivity contribution in [2.45, 2.75) is 37.5 Å². The van der Waals surface area contributed by atoms with E-state index in [0.717, 1.165) is 44.3 Å². The second kappa shape index (κ2) is 9.31. The first-order valence-corrected chi connectivity index (χ1v) is 11.0. The molecule has 0 saturated carbocycles. The van der Waals surface area contributed by atoms with Crippen LogP contribution in [0.5, 0.6) is 0 Å². The van der Waals surface area contributed by atoms with Gasteiger partial charge in [-0.05, 0) is 55.9 Å². The molecule has 2 aliphatic heterocycles. The number of nitrogens with zero attached hydrogens (tertiary/aromatic N) is 2. The lowest BCUT2D eigenvalue weighted by atomic mass is 9.74. The maximum Gasteiger partial charge on any atom is 0.255 e. The molecule has 160 valence electrons. The number of hydrogen-bond acceptors (Lipinski definition) is 4. The number of hydrogen-bond donors (Lipinski definition) is 1. The van der Waals surface area contributed by atoms with Crippen molar-refractivity contribution < 1.29 is 13.9 Å². The van der Waals surface area contributed by atoms with Gasteiger partial charge in [0.05, 0.1) is 10.6 Å². The van der Waals surface area contributed by atoms with E-state index in [1.165, 1.54) is 18.6 Å². The fraction of sp³-hybridized carbons (Fsp3) is 0.478. The molecule has 2 saturated heterocycles. The Kier molecular flexibility index (Phi) is 6.54. The van der Waals surface area contributed by atoms with E-state index in [1.807, 2.05) is 17.0 Å². The molecule has 30 heavy (non-hydrogen) atoms. The molecule has 0 unspecified atom stereocenters. The second-order valence-corrected chi connectivity index (χ2v) is 8.57. The summed E-state index contributed by atoms with van der Waals surface area (Å²) in [6, 6.07) is 8.38. The molecule has 2 fully saturated rings. The number of anilines is 1. The van der Waals surface area contributed by atoms with E-state index >= 15 is 0 Å². The maximum atomic E-state index is 13.4. The summed E-state index contributed by atoms with van der Waals surface area (Å²) in [6.45, 7) is 3.50. The smallest absolute Gasteiger partial charge is 0.255 e. The lowest BCUT2D eigenvalue weighted by Gasteiger charge is -2.38. The molecule has 0 atom stereocenters. The molecule has 1 aromatic heterocycles. The zero-order valence-electron chi connectivity index (χ0n) is 17.0. The Morgan fingerprint density at radius 1 is 1.17 bits per heavy atom. The predicted octanol–water partition coefficient (Wildman–Crippen LogP) is 4.66. The van der Waals surface area contributed by atoms with Crippen molar-refractivity contribution in [2.75, 3.05) is 38.2 Å². The zero-order valence-corrected chi connectivity index (χ0v) is 17.8. The number of amides is 1. The average Bonchev–Trinajstić information content (AvgIpc) is 2.79. The van der Waals surface area contributed by atoms with Crippen molar-refractivity contribution in [3.05, 3.63) is 58.5 Å². The highest BCUT2D eigenvalue weighted by molar-refractivity contribution is 6.33. The zero-order chi connectivity index (χ0) is 21.0. The Hall–Kier alpha value is -2.18. The molecule has 2 aromatic rings. The lowest BCUT2D eigenvalue weighted by Crippen LogP contribution is -2.40. The first-order valence-electron chi connectivity index (χ1n) is 10.6. The molecule has 0 radical (unpaired) electrons. The topological polar surface area (TPSA) is 54.5 Å². The molecule has 0 aliphatic carbocycles. The third-order valence-electron chi connectivity index (χ3n) is 6.23. The highest BCUT2D eigenvalue weighted by Gasteiger charge is 2.34. The third kappa shape index (κ3) is 4.60. The van der Waals surface area contributed by atoms with Gasteiger partial charge in [-0.1, -0.05) is 23.7 Å². The first-order chi connectivity index (χ1) is 14.6. The van der Waals surface area contributed by atoms with Crippen LogP contribution in [0.1, 0.15) is 48.0 Å². The minimum Gasteiger partial charge on any atom is -0.381 e. The Balaban J connectivity index is 1.48. The van der Waals surface area contributed by atoms with Crippen molar-refractivity contribution in [3.8, 4) is 0 Å². The SMILES string of the molecule is O=C(c1cnc(NCC2(c3ccc(F)cc3)CCOCC2)c(Cl)c1)N1CCCCC1. The third-order valence-corrected chi connectivity index (χ3v) is 6.52. The highest BCUT2D eigenvalue weighted by Crippen LogP contribution is 2.36. The van der Waals surface area contributed by atoms with E-state index in [-0.39, 0.29) is 17.1 Å². The molecule has 2 aliphatic rings. The number of nitrogens with one attached hydrogen (secondary N) is 1. The van der Waals surface area contributed by atoms with Crippen LogP contribution in [-0.2, 0) is 10.2 Å². The number of pyridine rings is 1. The van der Waals surface area contributed by atoms with Gasteiger partial charge >= 0.3 is 0 Å². The highest BCUT2D eigenvalue weighted by atomic mass is 35.5. The average molecular weight is 432 g/mol. The largest absolute Gasteiger partial charge is 0.381 e. The van der Waals surface area contributed by atoms with E-state index in [1.54, 1.807) is 12.3 Å². The molecule has 3 heterocycles. The maximum absolute atomic E-state index is 13.4. The Bertz CT molecular complexity index is 879. The monoisotopic (exact) mass is 431 g/mol. The van der Waals surface area contributed by atoms with Gasteiger partial charge in [0.1, 0.15) is 11.6 Å². The van der Waals surface area contributed by atoms with Gasteiger partial charge in [0, 0.05) is 44.5 Å². The molecule has 1 N–H and O–H groups in total. The van der Waals surface area contributed by atoms with Crippen LogP contribution in [0, 0.1) is 5.82 Å². The van der Waals surface area contributed by atoms with E-state index in [2.05, 4.69) is 10.3 Å². The quantitative estimate of drug-likeness (QED) is 0.748. The number of piperidine rings is 1. The van der Waals surface area contributed by atoms with Crippen molar-refractivity contribution in [2.24, 2.45) is 0 Å². The second-order valence-electron chi connectivity index (χ2n) is 8.16. The van der Waals surface area contributed by atoms with E-state index < -0.39 is 0 Å². The van der Waals surface area contributed by atoms with Crippen LogP contribution in [0.25, 0.3) is 0 Å². The number of halogens is 2. The number of carbonyl (C=O) groups excluding carboxylic acids is 1. The number of benzene rings is 1. The summed E-state index contributed by atoms with van der Waals surface area (Å²) < 4.78 is 19.0. The molecule has 5 nitrogen and oxygen atoms in total. The lowest BCUT2D eigenvalue weighted by molar-refractivity contribution is 0.0543. The van der Waals surface area contributed by atoms with Crippen molar-refractivity contribution in [3.63, 3.8) is 0 Å². The van der Waals surface area contributed by atoms with Crippen molar-refractivity contribution >= 4 is 23.3 Å². The van der Waals surface area contributed by atoms with Crippen LogP contribution in [-0.4, -0.2) is 48.6 Å². The summed E-state index contributed by atoms with van der Waals surface area (Å²) in [6.07, 6.45) is 6.51. The van der Waals surface area contributed by atoms with Gasteiger partial charge in [-0.2, -0.15) is 0 Å². The molecule has 1 amide bonds. The van der Waals surface area contributed by atoms with Crippen LogP contribution in [0.4, 0.5) is 10.2 Å². The van der Waals surface area contributed by atoms with Crippen LogP contribution >= 0.6 is 11.6 Å². The van der Waals surface area contributed by atoms with Gasteiger partial charge in [-0.3, -0.25) is 4.79 Å². The molecule has 1 aromatic carbocycles. The summed E-state index contributed by atoms with van der Waals surface area (Å²) in [4.78, 5) is 19.0. The number of carbonyl (C=O) groups is 1. The molecular formula is C23H27ClFN3O2. The van der Waals surface area contributed by atoms with Crippen LogP contribution in [0.3, 0.4) is 0 Å². The molecule has 7 heteroatoms. The van der Waals surface area contributed by atoms with E-state index in [9.17, 15) is 9.18 Å². The Labute approximate surface area is 181 Å². The van der Waals surface area contributed by atoms with E-state index in [0.29, 0.717) is 36.2 Å². The summed E-state index contributed by atoms with van der Waals surface area (Å²) in [7, 11) is 0. The Morgan fingerprint density at radius 3 is 2.53 bits per heavy atom. The standard InChI is InChI=1S/C23H27ClFN3O2/c24-20-14-17(22(29)28-10-2-1-3-11-28)15-26-21(20)27-16-23(8-12-30-13-9-23)18-4-6-19(25)7-5-18/h4-7,14-15H,1-3,8-13,16H2,(H,26,27). The number of aromatic nitrogens is 1. The van der Waals surface area contributed by atoms with Gasteiger partial charge in [-0.15, -0.1) is 0 Å². The number of ether oxygens (including phenoxy) is 1. The van der Waals surface area contributed by atoms with E-state index in [4.69, 9.17) is 16.3 Å². The fourth-order valence-electron chi connectivity index (χ4n) is 4.35. The molecule has 4 rings (SSSR count). The fourth-order valence-corrected chi connectivity index (χ4v) is 4.58. The van der Waals surface area contributed by atoms with Crippen molar-refractivity contribution in [1.82, 2.24) is 9.88 Å². The summed E-state index contributed by atoms with van der Waals surface area (Å²) in [5.41, 5.74) is 1.42. The minimum absolute atomic E-state index is 0.0112.